The molecule has 1 atom stereocenters. The average Bonchev–Trinajstić information content (AvgIpc) is 3.25. The van der Waals surface area contributed by atoms with Crippen molar-refractivity contribution >= 4 is 22.8 Å². The number of amides is 1. The van der Waals surface area contributed by atoms with Gasteiger partial charge in [-0.15, -0.1) is 0 Å². The van der Waals surface area contributed by atoms with Crippen molar-refractivity contribution in [2.45, 2.75) is 51.5 Å². The SMILES string of the molecule is CCC(c1ccc(F)cc1)c1nc(NC2(C)CC2)c2c(C(N)=O)c(C)oc2n1. The number of carbonyl (C=O) groups is 1. The van der Waals surface area contributed by atoms with E-state index in [1.165, 1.54) is 12.1 Å². The van der Waals surface area contributed by atoms with Crippen molar-refractivity contribution < 1.29 is 13.6 Å². The minimum Gasteiger partial charge on any atom is -0.442 e. The molecule has 0 aliphatic heterocycles. The highest BCUT2D eigenvalue weighted by molar-refractivity contribution is 6.09. The van der Waals surface area contributed by atoms with Crippen LogP contribution in [0.25, 0.3) is 11.1 Å². The van der Waals surface area contributed by atoms with Crippen LogP contribution in [0.15, 0.2) is 28.7 Å². The molecular formula is C21H23FN4O2. The van der Waals surface area contributed by atoms with Gasteiger partial charge in [0.25, 0.3) is 5.91 Å². The quantitative estimate of drug-likeness (QED) is 0.664. The number of halogens is 1. The molecule has 2 heterocycles. The molecule has 1 unspecified atom stereocenters. The molecule has 0 bridgehead atoms. The third kappa shape index (κ3) is 3.21. The summed E-state index contributed by atoms with van der Waals surface area (Å²) in [7, 11) is 0. The first-order chi connectivity index (χ1) is 13.3. The average molecular weight is 382 g/mol. The third-order valence-corrected chi connectivity index (χ3v) is 5.40. The van der Waals surface area contributed by atoms with Gasteiger partial charge in [0.05, 0.1) is 10.9 Å². The predicted molar refractivity (Wildman–Crippen MR) is 105 cm³/mol. The lowest BCUT2D eigenvalue weighted by atomic mass is 9.95. The second-order valence-corrected chi connectivity index (χ2v) is 7.71. The number of nitrogens with two attached hydrogens (primary N) is 1. The van der Waals surface area contributed by atoms with Crippen molar-refractivity contribution in [2.75, 3.05) is 5.32 Å². The maximum absolute atomic E-state index is 13.3. The second-order valence-electron chi connectivity index (χ2n) is 7.71. The Morgan fingerprint density at radius 2 is 2.00 bits per heavy atom. The van der Waals surface area contributed by atoms with Crippen LogP contribution in [0.1, 0.15) is 66.5 Å². The van der Waals surface area contributed by atoms with E-state index in [9.17, 15) is 9.18 Å². The van der Waals surface area contributed by atoms with Gasteiger partial charge in [0.2, 0.25) is 5.71 Å². The Kier molecular flexibility index (Phi) is 4.33. The minimum absolute atomic E-state index is 0.0593. The fraction of sp³-hybridized carbons (Fsp3) is 0.381. The van der Waals surface area contributed by atoms with E-state index in [1.54, 1.807) is 19.1 Å². The summed E-state index contributed by atoms with van der Waals surface area (Å²) >= 11 is 0. The zero-order valence-electron chi connectivity index (χ0n) is 16.2. The number of carbonyl (C=O) groups excluding carboxylic acids is 1. The molecule has 3 aromatic rings. The van der Waals surface area contributed by atoms with Crippen molar-refractivity contribution in [3.8, 4) is 0 Å². The molecule has 6 nitrogen and oxygen atoms in total. The summed E-state index contributed by atoms with van der Waals surface area (Å²) in [5.74, 6) is 0.575. The Hall–Kier alpha value is -2.96. The van der Waals surface area contributed by atoms with Crippen LogP contribution in [-0.2, 0) is 0 Å². The molecule has 1 fully saturated rings. The lowest BCUT2D eigenvalue weighted by molar-refractivity contribution is 0.1000. The Balaban J connectivity index is 1.89. The van der Waals surface area contributed by atoms with Gasteiger partial charge in [0.15, 0.2) is 0 Å². The first kappa shape index (κ1) is 18.4. The first-order valence-corrected chi connectivity index (χ1v) is 9.46. The van der Waals surface area contributed by atoms with Gasteiger partial charge in [-0.05, 0) is 50.8 Å². The van der Waals surface area contributed by atoms with Crippen LogP contribution in [-0.4, -0.2) is 21.4 Å². The smallest absolute Gasteiger partial charge is 0.253 e. The van der Waals surface area contributed by atoms with E-state index in [1.807, 2.05) is 6.92 Å². The van der Waals surface area contributed by atoms with E-state index in [-0.39, 0.29) is 17.3 Å². The Bertz CT molecular complexity index is 1050. The molecule has 0 radical (unpaired) electrons. The number of hydrogen-bond donors (Lipinski definition) is 2. The van der Waals surface area contributed by atoms with E-state index < -0.39 is 5.91 Å². The topological polar surface area (TPSA) is 94.0 Å². The Morgan fingerprint density at radius 1 is 1.32 bits per heavy atom. The lowest BCUT2D eigenvalue weighted by Gasteiger charge is -2.18. The molecule has 4 rings (SSSR count). The minimum atomic E-state index is -0.567. The van der Waals surface area contributed by atoms with Crippen LogP contribution in [0.5, 0.6) is 0 Å². The van der Waals surface area contributed by atoms with Gasteiger partial charge < -0.3 is 15.5 Å². The number of nitrogens with zero attached hydrogens (tertiary/aromatic N) is 2. The van der Waals surface area contributed by atoms with Crippen LogP contribution in [0.2, 0.25) is 0 Å². The predicted octanol–water partition coefficient (Wildman–Crippen LogP) is 4.28. The van der Waals surface area contributed by atoms with Crippen LogP contribution >= 0.6 is 0 Å². The molecule has 28 heavy (non-hydrogen) atoms. The van der Waals surface area contributed by atoms with E-state index >= 15 is 0 Å². The second kappa shape index (κ2) is 6.58. The van der Waals surface area contributed by atoms with Crippen LogP contribution in [0.4, 0.5) is 10.2 Å². The zero-order chi connectivity index (χ0) is 20.1. The molecule has 0 saturated heterocycles. The first-order valence-electron chi connectivity index (χ1n) is 9.46. The summed E-state index contributed by atoms with van der Waals surface area (Å²) in [6.45, 7) is 5.83. The van der Waals surface area contributed by atoms with Gasteiger partial charge in [0, 0.05) is 11.5 Å². The van der Waals surface area contributed by atoms with Gasteiger partial charge in [-0.1, -0.05) is 19.1 Å². The van der Waals surface area contributed by atoms with Gasteiger partial charge in [-0.3, -0.25) is 4.79 Å². The summed E-state index contributed by atoms with van der Waals surface area (Å²) < 4.78 is 19.1. The van der Waals surface area contributed by atoms with Gasteiger partial charge >= 0.3 is 0 Å². The Morgan fingerprint density at radius 3 is 2.57 bits per heavy atom. The van der Waals surface area contributed by atoms with Gasteiger partial charge in [-0.25, -0.2) is 9.37 Å². The molecular weight excluding hydrogens is 359 g/mol. The fourth-order valence-corrected chi connectivity index (χ4v) is 3.53. The number of hydrogen-bond acceptors (Lipinski definition) is 5. The number of anilines is 1. The van der Waals surface area contributed by atoms with Crippen molar-refractivity contribution in [3.63, 3.8) is 0 Å². The molecule has 0 spiro atoms. The van der Waals surface area contributed by atoms with E-state index in [2.05, 4.69) is 17.2 Å². The van der Waals surface area contributed by atoms with Crippen LogP contribution in [0.3, 0.4) is 0 Å². The molecule has 1 aliphatic rings. The van der Waals surface area contributed by atoms with E-state index in [0.717, 1.165) is 24.8 Å². The zero-order valence-corrected chi connectivity index (χ0v) is 16.2. The molecule has 3 N–H and O–H groups in total. The number of aryl methyl sites for hydroxylation is 1. The number of rotatable bonds is 6. The maximum Gasteiger partial charge on any atom is 0.253 e. The third-order valence-electron chi connectivity index (χ3n) is 5.40. The van der Waals surface area contributed by atoms with E-state index in [0.29, 0.717) is 34.1 Å². The largest absolute Gasteiger partial charge is 0.442 e. The molecule has 2 aromatic heterocycles. The summed E-state index contributed by atoms with van der Waals surface area (Å²) in [5.41, 5.74) is 7.09. The normalized spacial score (nSPS) is 16.1. The number of benzene rings is 1. The van der Waals surface area contributed by atoms with Crippen molar-refractivity contribution in [2.24, 2.45) is 5.73 Å². The number of primary amides is 1. The highest BCUT2D eigenvalue weighted by Gasteiger charge is 2.39. The number of fused-ring (bicyclic) bond motifs is 1. The number of nitrogens with one attached hydrogen (secondary N) is 1. The highest BCUT2D eigenvalue weighted by Crippen LogP contribution is 2.41. The van der Waals surface area contributed by atoms with Gasteiger partial charge in [0.1, 0.15) is 23.2 Å². The molecule has 1 aliphatic carbocycles. The standard InChI is InChI=1S/C21H23FN4O2/c1-4-14(12-5-7-13(22)8-6-12)18-24-19(26-21(3)9-10-21)16-15(17(23)27)11(2)28-20(16)25-18/h5-8,14H,4,9-10H2,1-3H3,(H2,23,27)(H,24,25,26). The molecule has 1 saturated carbocycles. The van der Waals surface area contributed by atoms with Crippen LogP contribution in [0, 0.1) is 12.7 Å². The summed E-state index contributed by atoms with van der Waals surface area (Å²) in [5, 5.41) is 3.97. The Labute approximate surface area is 162 Å². The van der Waals surface area contributed by atoms with E-state index in [4.69, 9.17) is 15.1 Å². The van der Waals surface area contributed by atoms with Gasteiger partial charge in [-0.2, -0.15) is 4.98 Å². The van der Waals surface area contributed by atoms with Crippen molar-refractivity contribution in [1.29, 1.82) is 0 Å². The van der Waals surface area contributed by atoms with Crippen molar-refractivity contribution in [3.05, 3.63) is 52.8 Å². The molecule has 7 heteroatoms. The molecule has 1 amide bonds. The highest BCUT2D eigenvalue weighted by atomic mass is 19.1. The summed E-state index contributed by atoms with van der Waals surface area (Å²) in [6.07, 6.45) is 2.77. The molecule has 146 valence electrons. The van der Waals surface area contributed by atoms with Crippen LogP contribution < -0.4 is 11.1 Å². The number of aromatic nitrogens is 2. The summed E-state index contributed by atoms with van der Waals surface area (Å²) in [4.78, 5) is 21.4. The molecule has 1 aromatic carbocycles. The summed E-state index contributed by atoms with van der Waals surface area (Å²) in [6, 6.07) is 6.36. The fourth-order valence-electron chi connectivity index (χ4n) is 3.53. The van der Waals surface area contributed by atoms with Crippen molar-refractivity contribution in [1.82, 2.24) is 9.97 Å². The number of furan rings is 1. The monoisotopic (exact) mass is 382 g/mol. The maximum atomic E-state index is 13.3. The lowest BCUT2D eigenvalue weighted by Crippen LogP contribution is -2.20.